The maximum absolute atomic E-state index is 10.8. The van der Waals surface area contributed by atoms with Gasteiger partial charge in [-0.05, 0) is 13.8 Å². The van der Waals surface area contributed by atoms with E-state index < -0.39 is 0 Å². The van der Waals surface area contributed by atoms with Crippen molar-refractivity contribution >= 4 is 11.6 Å². The fourth-order valence-electron chi connectivity index (χ4n) is 0.721. The molecule has 0 aromatic heterocycles. The van der Waals surface area contributed by atoms with Gasteiger partial charge in [-0.2, -0.15) is 0 Å². The van der Waals surface area contributed by atoms with Crippen LogP contribution in [0, 0.1) is 0 Å². The number of allylic oxidation sites excluding steroid dienone is 2. The number of rotatable bonds is 3. The van der Waals surface area contributed by atoms with E-state index in [-0.39, 0.29) is 17.3 Å². The van der Waals surface area contributed by atoms with Gasteiger partial charge in [0.05, 0.1) is 7.11 Å². The predicted octanol–water partition coefficient (Wildman–Crippen LogP) is 1.08. The van der Waals surface area contributed by atoms with Crippen molar-refractivity contribution in [2.75, 3.05) is 7.11 Å². The highest BCUT2D eigenvalue weighted by Gasteiger charge is 2.10. The quantitative estimate of drug-likeness (QED) is 0.453. The Balaban J connectivity index is 4.83. The lowest BCUT2D eigenvalue weighted by Crippen LogP contribution is -2.06. The van der Waals surface area contributed by atoms with Crippen LogP contribution in [0.15, 0.2) is 11.3 Å². The Morgan fingerprint density at radius 2 is 1.45 bits per heavy atom. The van der Waals surface area contributed by atoms with Crippen LogP contribution < -0.4 is 0 Å². The van der Waals surface area contributed by atoms with E-state index in [4.69, 9.17) is 4.74 Å². The van der Waals surface area contributed by atoms with E-state index in [1.807, 2.05) is 0 Å². The van der Waals surface area contributed by atoms with E-state index >= 15 is 0 Å². The average Bonchev–Trinajstić information content (AvgIpc) is 1.88. The monoisotopic (exact) mass is 156 g/mol. The Morgan fingerprint density at radius 1 is 1.00 bits per heavy atom. The second kappa shape index (κ2) is 3.91. The Bertz CT molecular complexity index is 213. The van der Waals surface area contributed by atoms with Crippen molar-refractivity contribution in [2.45, 2.75) is 20.8 Å². The minimum absolute atomic E-state index is 0.142. The standard InChI is InChI=1S/C8H12O3/c1-5(6(2)9)8(11-4)7(3)10/h1-4H3/b8-5+. The van der Waals surface area contributed by atoms with Gasteiger partial charge in [-0.15, -0.1) is 0 Å². The first-order valence-corrected chi connectivity index (χ1v) is 3.27. The summed E-state index contributed by atoms with van der Waals surface area (Å²) in [6.45, 7) is 4.34. The molecule has 0 atom stereocenters. The molecule has 0 amide bonds. The van der Waals surface area contributed by atoms with E-state index in [0.29, 0.717) is 5.57 Å². The molecule has 0 fully saturated rings. The second-order valence-corrected chi connectivity index (χ2v) is 2.27. The van der Waals surface area contributed by atoms with Crippen molar-refractivity contribution in [2.24, 2.45) is 0 Å². The van der Waals surface area contributed by atoms with Crippen LogP contribution >= 0.6 is 0 Å². The summed E-state index contributed by atoms with van der Waals surface area (Å²) in [5.74, 6) is -0.213. The number of hydrogen-bond acceptors (Lipinski definition) is 3. The lowest BCUT2D eigenvalue weighted by Gasteiger charge is -2.03. The van der Waals surface area contributed by atoms with Gasteiger partial charge in [0.15, 0.2) is 17.3 Å². The molecule has 3 heteroatoms. The molecule has 0 saturated heterocycles. The van der Waals surface area contributed by atoms with Crippen LogP contribution in [-0.4, -0.2) is 18.7 Å². The first kappa shape index (κ1) is 9.88. The molecule has 0 bridgehead atoms. The van der Waals surface area contributed by atoms with E-state index in [1.165, 1.54) is 21.0 Å². The smallest absolute Gasteiger partial charge is 0.194 e. The third-order valence-electron chi connectivity index (χ3n) is 1.39. The van der Waals surface area contributed by atoms with Gasteiger partial charge >= 0.3 is 0 Å². The van der Waals surface area contributed by atoms with Gasteiger partial charge in [0.25, 0.3) is 0 Å². The first-order valence-electron chi connectivity index (χ1n) is 3.27. The Hall–Kier alpha value is -1.12. The van der Waals surface area contributed by atoms with E-state index in [9.17, 15) is 9.59 Å². The average molecular weight is 156 g/mol. The molecule has 0 aromatic carbocycles. The molecule has 0 aromatic rings. The number of methoxy groups -OCH3 is 1. The lowest BCUT2D eigenvalue weighted by atomic mass is 10.1. The van der Waals surface area contributed by atoms with Crippen molar-refractivity contribution in [1.82, 2.24) is 0 Å². The summed E-state index contributed by atoms with van der Waals surface area (Å²) in [4.78, 5) is 21.5. The largest absolute Gasteiger partial charge is 0.493 e. The Kier molecular flexibility index (Phi) is 3.51. The Labute approximate surface area is 66.0 Å². The number of ketones is 2. The predicted molar refractivity (Wildman–Crippen MR) is 41.1 cm³/mol. The fraction of sp³-hybridized carbons (Fsp3) is 0.500. The summed E-state index contributed by atoms with van der Waals surface area (Å²) in [7, 11) is 1.38. The highest BCUT2D eigenvalue weighted by molar-refractivity contribution is 6.02. The van der Waals surface area contributed by atoms with Gasteiger partial charge in [0.2, 0.25) is 0 Å². The SMILES string of the molecule is CO/C(C(C)=O)=C(\C)C(C)=O. The van der Waals surface area contributed by atoms with Gasteiger partial charge in [0, 0.05) is 12.5 Å². The molecule has 0 aliphatic rings. The number of ether oxygens (including phenoxy) is 1. The number of hydrogen-bond donors (Lipinski definition) is 0. The molecule has 3 nitrogen and oxygen atoms in total. The van der Waals surface area contributed by atoms with Crippen molar-refractivity contribution in [3.63, 3.8) is 0 Å². The van der Waals surface area contributed by atoms with E-state index in [2.05, 4.69) is 0 Å². The zero-order valence-electron chi connectivity index (χ0n) is 7.22. The van der Waals surface area contributed by atoms with Crippen molar-refractivity contribution in [3.05, 3.63) is 11.3 Å². The van der Waals surface area contributed by atoms with Crippen LogP contribution in [0.3, 0.4) is 0 Å². The highest BCUT2D eigenvalue weighted by Crippen LogP contribution is 2.06. The van der Waals surface area contributed by atoms with E-state index in [1.54, 1.807) is 6.92 Å². The third-order valence-corrected chi connectivity index (χ3v) is 1.39. The molecular weight excluding hydrogens is 144 g/mol. The maximum atomic E-state index is 10.8. The molecule has 0 N–H and O–H groups in total. The summed E-state index contributed by atoms with van der Waals surface area (Å²) in [6, 6.07) is 0. The highest BCUT2D eigenvalue weighted by atomic mass is 16.5. The van der Waals surface area contributed by atoms with Gasteiger partial charge in [0.1, 0.15) is 0 Å². The summed E-state index contributed by atoms with van der Waals surface area (Å²) < 4.78 is 4.74. The van der Waals surface area contributed by atoms with Crippen molar-refractivity contribution < 1.29 is 14.3 Å². The minimum Gasteiger partial charge on any atom is -0.493 e. The summed E-state index contributed by atoms with van der Waals surface area (Å²) in [5, 5.41) is 0. The fourth-order valence-corrected chi connectivity index (χ4v) is 0.721. The molecular formula is C8H12O3. The second-order valence-electron chi connectivity index (χ2n) is 2.27. The summed E-state index contributed by atoms with van der Waals surface area (Å²) in [5.41, 5.74) is 0.375. The topological polar surface area (TPSA) is 43.4 Å². The van der Waals surface area contributed by atoms with E-state index in [0.717, 1.165) is 0 Å². The zero-order chi connectivity index (χ0) is 9.02. The number of carbonyl (C=O) groups is 2. The molecule has 11 heavy (non-hydrogen) atoms. The Morgan fingerprint density at radius 3 is 1.55 bits per heavy atom. The maximum Gasteiger partial charge on any atom is 0.194 e. The van der Waals surface area contributed by atoms with Crippen molar-refractivity contribution in [3.8, 4) is 0 Å². The molecule has 0 unspecified atom stereocenters. The molecule has 0 radical (unpaired) electrons. The number of carbonyl (C=O) groups excluding carboxylic acids is 2. The van der Waals surface area contributed by atoms with Crippen LogP contribution in [-0.2, 0) is 14.3 Å². The molecule has 0 aliphatic heterocycles. The third kappa shape index (κ3) is 2.53. The van der Waals surface area contributed by atoms with Gasteiger partial charge < -0.3 is 4.74 Å². The molecule has 0 rings (SSSR count). The molecule has 0 aliphatic carbocycles. The van der Waals surface area contributed by atoms with Gasteiger partial charge in [-0.3, -0.25) is 9.59 Å². The molecule has 0 heterocycles. The first-order chi connectivity index (χ1) is 5.00. The normalized spacial score (nSPS) is 12.0. The minimum atomic E-state index is -0.222. The van der Waals surface area contributed by atoms with Crippen LogP contribution in [0.1, 0.15) is 20.8 Å². The van der Waals surface area contributed by atoms with Crippen LogP contribution in [0.2, 0.25) is 0 Å². The van der Waals surface area contributed by atoms with Gasteiger partial charge in [-0.25, -0.2) is 0 Å². The number of Topliss-reactive ketones (excluding diaryl/α,β-unsaturated/α-hetero) is 2. The summed E-state index contributed by atoms with van der Waals surface area (Å²) >= 11 is 0. The zero-order valence-corrected chi connectivity index (χ0v) is 7.22. The van der Waals surface area contributed by atoms with Crippen LogP contribution in [0.4, 0.5) is 0 Å². The molecule has 0 saturated carbocycles. The lowest BCUT2D eigenvalue weighted by molar-refractivity contribution is -0.118. The molecule has 62 valence electrons. The molecule has 0 spiro atoms. The van der Waals surface area contributed by atoms with Gasteiger partial charge in [-0.1, -0.05) is 0 Å². The summed E-state index contributed by atoms with van der Waals surface area (Å²) in [6.07, 6.45) is 0. The van der Waals surface area contributed by atoms with Crippen LogP contribution in [0.5, 0.6) is 0 Å². The van der Waals surface area contributed by atoms with Crippen molar-refractivity contribution in [1.29, 1.82) is 0 Å². The van der Waals surface area contributed by atoms with Crippen LogP contribution in [0.25, 0.3) is 0 Å².